The highest BCUT2D eigenvalue weighted by atomic mass is 16.5. The smallest absolute Gasteiger partial charge is 0.308 e. The zero-order valence-electron chi connectivity index (χ0n) is 15.2. The fourth-order valence-corrected chi connectivity index (χ4v) is 2.76. The third-order valence-electron chi connectivity index (χ3n) is 4.42. The second-order valence-corrected chi connectivity index (χ2v) is 6.69. The maximum absolute atomic E-state index is 12.2. The van der Waals surface area contributed by atoms with Gasteiger partial charge in [-0.25, -0.2) is 0 Å². The molecule has 3 rings (SSSR count). The number of likely N-dealkylation sites (tertiary alicyclic amines) is 1. The van der Waals surface area contributed by atoms with E-state index >= 15 is 0 Å². The molecule has 2 aliphatic rings. The van der Waals surface area contributed by atoms with Gasteiger partial charge in [-0.15, -0.1) is 0 Å². The molecule has 2 fully saturated rings. The summed E-state index contributed by atoms with van der Waals surface area (Å²) < 4.78 is 4.88. The van der Waals surface area contributed by atoms with Crippen LogP contribution in [0.5, 0.6) is 0 Å². The van der Waals surface area contributed by atoms with Gasteiger partial charge in [-0.1, -0.05) is 12.1 Å². The normalized spacial score (nSPS) is 16.1. The molecule has 9 heteroatoms. The highest BCUT2D eigenvalue weighted by Crippen LogP contribution is 2.21. The zero-order valence-corrected chi connectivity index (χ0v) is 15.2. The minimum absolute atomic E-state index is 0.0533. The van der Waals surface area contributed by atoms with Crippen LogP contribution in [0, 0.1) is 0 Å². The van der Waals surface area contributed by atoms with Gasteiger partial charge in [-0.2, -0.15) is 0 Å². The molecule has 1 aliphatic heterocycles. The van der Waals surface area contributed by atoms with Crippen LogP contribution in [0.25, 0.3) is 0 Å². The van der Waals surface area contributed by atoms with E-state index in [0.29, 0.717) is 11.3 Å². The molecular formula is C19H21N3O6. The van der Waals surface area contributed by atoms with Crippen LogP contribution >= 0.6 is 0 Å². The molecule has 0 atom stereocenters. The Bertz CT molecular complexity index is 802. The minimum atomic E-state index is -0.692. The lowest BCUT2D eigenvalue weighted by molar-refractivity contribution is -0.148. The van der Waals surface area contributed by atoms with E-state index in [-0.39, 0.29) is 49.6 Å². The molecule has 1 saturated heterocycles. The van der Waals surface area contributed by atoms with E-state index in [0.717, 1.165) is 17.7 Å². The molecule has 1 saturated carbocycles. The lowest BCUT2D eigenvalue weighted by atomic mass is 10.1. The Morgan fingerprint density at radius 1 is 1.07 bits per heavy atom. The van der Waals surface area contributed by atoms with E-state index < -0.39 is 18.5 Å². The average molecular weight is 387 g/mol. The number of imide groups is 1. The quantitative estimate of drug-likeness (QED) is 0.498. The molecule has 0 aromatic heterocycles. The number of carbonyl (C=O) groups excluding carboxylic acids is 5. The van der Waals surface area contributed by atoms with E-state index in [1.54, 1.807) is 24.3 Å². The number of hydrogen-bond donors (Lipinski definition) is 2. The molecule has 0 spiro atoms. The van der Waals surface area contributed by atoms with E-state index in [1.807, 2.05) is 0 Å². The van der Waals surface area contributed by atoms with Crippen LogP contribution < -0.4 is 10.6 Å². The number of esters is 1. The van der Waals surface area contributed by atoms with Crippen molar-refractivity contribution in [3.63, 3.8) is 0 Å². The summed E-state index contributed by atoms with van der Waals surface area (Å²) in [5.74, 6) is -2.17. The maximum atomic E-state index is 12.2. The summed E-state index contributed by atoms with van der Waals surface area (Å²) in [5, 5.41) is 5.41. The Labute approximate surface area is 161 Å². The van der Waals surface area contributed by atoms with Crippen molar-refractivity contribution in [3.05, 3.63) is 29.8 Å². The Kier molecular flexibility index (Phi) is 6.03. The second kappa shape index (κ2) is 8.64. The van der Waals surface area contributed by atoms with Gasteiger partial charge in [0.1, 0.15) is 0 Å². The number of ether oxygens (including phenoxy) is 1. The van der Waals surface area contributed by atoms with Crippen molar-refractivity contribution >= 4 is 35.3 Å². The van der Waals surface area contributed by atoms with Crippen LogP contribution in [-0.4, -0.2) is 53.7 Å². The maximum Gasteiger partial charge on any atom is 0.308 e. The molecule has 4 amide bonds. The summed E-state index contributed by atoms with van der Waals surface area (Å²) in [6, 6.07) is 6.75. The highest BCUT2D eigenvalue weighted by molar-refractivity contribution is 6.04. The van der Waals surface area contributed by atoms with E-state index in [9.17, 15) is 24.0 Å². The number of nitrogens with one attached hydrogen (secondary N) is 2. The summed E-state index contributed by atoms with van der Waals surface area (Å²) in [6.07, 6.45) is 2.04. The summed E-state index contributed by atoms with van der Waals surface area (Å²) in [5.41, 5.74) is 0.662. The van der Waals surface area contributed by atoms with Gasteiger partial charge >= 0.3 is 5.97 Å². The summed E-state index contributed by atoms with van der Waals surface area (Å²) in [6.45, 7) is -0.582. The number of amides is 4. The second-order valence-electron chi connectivity index (χ2n) is 6.69. The number of rotatable bonds is 8. The van der Waals surface area contributed by atoms with Crippen molar-refractivity contribution in [3.8, 4) is 0 Å². The van der Waals surface area contributed by atoms with Gasteiger partial charge in [-0.3, -0.25) is 28.9 Å². The molecule has 0 radical (unpaired) electrons. The molecule has 148 valence electrons. The third-order valence-corrected chi connectivity index (χ3v) is 4.42. The van der Waals surface area contributed by atoms with Crippen LogP contribution in [0.2, 0.25) is 0 Å². The predicted octanol–water partition coefficient (Wildman–Crippen LogP) is 0.600. The summed E-state index contributed by atoms with van der Waals surface area (Å²) in [7, 11) is 0. The Hall–Kier alpha value is -3.23. The molecule has 28 heavy (non-hydrogen) atoms. The average Bonchev–Trinajstić information content (AvgIpc) is 3.43. The van der Waals surface area contributed by atoms with Crippen LogP contribution in [0.1, 0.15) is 42.5 Å². The summed E-state index contributed by atoms with van der Waals surface area (Å²) >= 11 is 0. The Morgan fingerprint density at radius 2 is 1.75 bits per heavy atom. The largest absolute Gasteiger partial charge is 0.456 e. The van der Waals surface area contributed by atoms with Crippen molar-refractivity contribution in [2.45, 2.75) is 38.1 Å². The number of nitrogens with zero attached hydrogens (tertiary/aromatic N) is 1. The van der Waals surface area contributed by atoms with E-state index in [1.165, 1.54) is 0 Å². The first-order valence-electron chi connectivity index (χ1n) is 9.12. The molecule has 2 N–H and O–H groups in total. The third kappa shape index (κ3) is 5.15. The highest BCUT2D eigenvalue weighted by Gasteiger charge is 2.29. The Balaban J connectivity index is 1.45. The first kappa shape index (κ1) is 19.5. The van der Waals surface area contributed by atoms with Gasteiger partial charge in [0, 0.05) is 25.4 Å². The fraction of sp³-hybridized carbons (Fsp3) is 0.421. The van der Waals surface area contributed by atoms with Gasteiger partial charge < -0.3 is 15.4 Å². The zero-order chi connectivity index (χ0) is 20.1. The van der Waals surface area contributed by atoms with Crippen molar-refractivity contribution in [2.24, 2.45) is 0 Å². The van der Waals surface area contributed by atoms with E-state index in [4.69, 9.17) is 4.74 Å². The predicted molar refractivity (Wildman–Crippen MR) is 97.1 cm³/mol. The molecule has 0 unspecified atom stereocenters. The number of para-hydroxylation sites is 1. The number of carbonyl (C=O) groups is 5. The molecule has 1 aliphatic carbocycles. The molecule has 1 heterocycles. The van der Waals surface area contributed by atoms with Crippen LogP contribution in [0.15, 0.2) is 24.3 Å². The van der Waals surface area contributed by atoms with Crippen LogP contribution in [-0.2, 0) is 23.9 Å². The number of hydrogen-bond acceptors (Lipinski definition) is 6. The van der Waals surface area contributed by atoms with Crippen molar-refractivity contribution in [1.82, 2.24) is 10.2 Å². The molecule has 0 bridgehead atoms. The standard InChI is InChI=1S/C19H21N3O6/c23-15(11-28-18(26)9-10-22-16(24)7-8-17(22)25)21-14-4-2-1-3-13(14)19(27)20-12-5-6-12/h1-4,12H,5-11H2,(H,20,27)(H,21,23). The molecular weight excluding hydrogens is 366 g/mol. The lowest BCUT2D eigenvalue weighted by Crippen LogP contribution is -2.32. The number of benzene rings is 1. The summed E-state index contributed by atoms with van der Waals surface area (Å²) in [4.78, 5) is 60.0. The van der Waals surface area contributed by atoms with Crippen LogP contribution in [0.4, 0.5) is 5.69 Å². The Morgan fingerprint density at radius 3 is 2.43 bits per heavy atom. The first-order chi connectivity index (χ1) is 13.4. The number of anilines is 1. The lowest BCUT2D eigenvalue weighted by Gasteiger charge is -2.13. The van der Waals surface area contributed by atoms with Gasteiger partial charge in [0.25, 0.3) is 11.8 Å². The van der Waals surface area contributed by atoms with Gasteiger partial charge in [0.2, 0.25) is 11.8 Å². The SMILES string of the molecule is O=C(COC(=O)CCN1C(=O)CCC1=O)Nc1ccccc1C(=O)NC1CC1. The van der Waals surface area contributed by atoms with Crippen molar-refractivity contribution in [2.75, 3.05) is 18.5 Å². The molecule has 1 aromatic carbocycles. The monoisotopic (exact) mass is 387 g/mol. The van der Waals surface area contributed by atoms with Gasteiger partial charge in [0.15, 0.2) is 6.61 Å². The van der Waals surface area contributed by atoms with Crippen molar-refractivity contribution < 1.29 is 28.7 Å². The minimum Gasteiger partial charge on any atom is -0.456 e. The molecule has 1 aromatic rings. The topological polar surface area (TPSA) is 122 Å². The van der Waals surface area contributed by atoms with Gasteiger partial charge in [-0.05, 0) is 25.0 Å². The van der Waals surface area contributed by atoms with Gasteiger partial charge in [0.05, 0.1) is 17.7 Å². The van der Waals surface area contributed by atoms with Crippen LogP contribution in [0.3, 0.4) is 0 Å². The van der Waals surface area contributed by atoms with Crippen molar-refractivity contribution in [1.29, 1.82) is 0 Å². The fourth-order valence-electron chi connectivity index (χ4n) is 2.76. The first-order valence-corrected chi connectivity index (χ1v) is 9.12. The molecule has 9 nitrogen and oxygen atoms in total. The van der Waals surface area contributed by atoms with E-state index in [2.05, 4.69) is 10.6 Å².